The smallest absolute Gasteiger partial charge is 0.341 e. The lowest BCUT2D eigenvalue weighted by Gasteiger charge is -2.18. The minimum absolute atomic E-state index is 0.0857. The maximum atomic E-state index is 12.8. The van der Waals surface area contributed by atoms with Gasteiger partial charge in [0.15, 0.2) is 0 Å². The molecule has 2 rings (SSSR count). The van der Waals surface area contributed by atoms with Gasteiger partial charge in [-0.3, -0.25) is 4.79 Å². The van der Waals surface area contributed by atoms with Crippen LogP contribution in [0.25, 0.3) is 0 Å². The highest BCUT2D eigenvalue weighted by molar-refractivity contribution is 5.79. The molecule has 20 heavy (non-hydrogen) atoms. The van der Waals surface area contributed by atoms with E-state index in [0.29, 0.717) is 6.54 Å². The first-order chi connectivity index (χ1) is 9.41. The number of halogens is 3. The number of hydrogen-bond donors (Lipinski definition) is 0. The Balaban J connectivity index is 2.06. The van der Waals surface area contributed by atoms with Gasteiger partial charge in [0.05, 0.1) is 5.56 Å². The summed E-state index contributed by atoms with van der Waals surface area (Å²) >= 11 is 0. The van der Waals surface area contributed by atoms with Crippen LogP contribution in [0.15, 0.2) is 24.3 Å². The molecule has 1 fully saturated rings. The first-order valence-corrected chi connectivity index (χ1v) is 6.31. The summed E-state index contributed by atoms with van der Waals surface area (Å²) in [6, 6.07) is 5.44. The summed E-state index contributed by atoms with van der Waals surface area (Å²) in [6.07, 6.45) is 1.37. The number of hydrogen-bond acceptors (Lipinski definition) is 1. The van der Waals surface area contributed by atoms with Gasteiger partial charge in [0.25, 0.3) is 0 Å². The molecule has 1 aromatic rings. The SMILES string of the molecule is C#CC1CC(=O)N(CCc2ccccc2C(F)(F)F)C1. The zero-order valence-electron chi connectivity index (χ0n) is 10.8. The van der Waals surface area contributed by atoms with E-state index in [1.807, 2.05) is 0 Å². The highest BCUT2D eigenvalue weighted by Gasteiger charge is 2.33. The molecular weight excluding hydrogens is 267 g/mol. The Morgan fingerprint density at radius 3 is 2.65 bits per heavy atom. The van der Waals surface area contributed by atoms with Crippen LogP contribution in [0.2, 0.25) is 0 Å². The van der Waals surface area contributed by atoms with Gasteiger partial charge in [-0.25, -0.2) is 0 Å². The van der Waals surface area contributed by atoms with Crippen molar-refractivity contribution in [2.24, 2.45) is 5.92 Å². The van der Waals surface area contributed by atoms with Crippen molar-refractivity contribution in [3.63, 3.8) is 0 Å². The largest absolute Gasteiger partial charge is 0.416 e. The van der Waals surface area contributed by atoms with Crippen molar-refractivity contribution in [1.29, 1.82) is 0 Å². The fraction of sp³-hybridized carbons (Fsp3) is 0.400. The lowest BCUT2D eigenvalue weighted by Crippen LogP contribution is -2.28. The van der Waals surface area contributed by atoms with E-state index in [2.05, 4.69) is 5.92 Å². The molecule has 0 spiro atoms. The van der Waals surface area contributed by atoms with E-state index in [1.165, 1.54) is 17.0 Å². The summed E-state index contributed by atoms with van der Waals surface area (Å²) in [7, 11) is 0. The number of carbonyl (C=O) groups excluding carboxylic acids is 1. The Labute approximate surface area is 115 Å². The summed E-state index contributed by atoms with van der Waals surface area (Å²) in [5.74, 6) is 2.31. The Morgan fingerprint density at radius 1 is 1.35 bits per heavy atom. The van der Waals surface area contributed by atoms with Gasteiger partial charge in [0.2, 0.25) is 5.91 Å². The molecule has 0 aliphatic carbocycles. The van der Waals surface area contributed by atoms with Crippen molar-refractivity contribution in [2.75, 3.05) is 13.1 Å². The number of likely N-dealkylation sites (tertiary alicyclic amines) is 1. The molecule has 1 saturated heterocycles. The normalized spacial score (nSPS) is 19.2. The zero-order valence-corrected chi connectivity index (χ0v) is 10.8. The minimum Gasteiger partial charge on any atom is -0.341 e. The molecule has 0 saturated carbocycles. The highest BCUT2D eigenvalue weighted by atomic mass is 19.4. The predicted octanol–water partition coefficient (Wildman–Crippen LogP) is 2.73. The van der Waals surface area contributed by atoms with Gasteiger partial charge in [-0.2, -0.15) is 13.2 Å². The second-order valence-corrected chi connectivity index (χ2v) is 4.81. The van der Waals surface area contributed by atoms with E-state index in [1.54, 1.807) is 6.07 Å². The number of nitrogens with zero attached hydrogens (tertiary/aromatic N) is 1. The van der Waals surface area contributed by atoms with Crippen LogP contribution in [-0.4, -0.2) is 23.9 Å². The number of terminal acetylenes is 1. The fourth-order valence-corrected chi connectivity index (χ4v) is 2.37. The summed E-state index contributed by atoms with van der Waals surface area (Å²) < 4.78 is 38.5. The highest BCUT2D eigenvalue weighted by Crippen LogP contribution is 2.32. The van der Waals surface area contributed by atoms with Crippen LogP contribution < -0.4 is 0 Å². The molecule has 1 heterocycles. The van der Waals surface area contributed by atoms with E-state index < -0.39 is 11.7 Å². The molecule has 5 heteroatoms. The number of amides is 1. The summed E-state index contributed by atoms with van der Waals surface area (Å²) in [4.78, 5) is 13.2. The second-order valence-electron chi connectivity index (χ2n) is 4.81. The van der Waals surface area contributed by atoms with Crippen molar-refractivity contribution >= 4 is 5.91 Å². The summed E-state index contributed by atoms with van der Waals surface area (Å²) in [5, 5.41) is 0. The Kier molecular flexibility index (Phi) is 4.03. The Morgan fingerprint density at radius 2 is 2.05 bits per heavy atom. The summed E-state index contributed by atoms with van der Waals surface area (Å²) in [6.45, 7) is 0.702. The quantitative estimate of drug-likeness (QED) is 0.780. The molecule has 0 aromatic heterocycles. The molecule has 1 aromatic carbocycles. The van der Waals surface area contributed by atoms with Crippen LogP contribution in [0.3, 0.4) is 0 Å². The molecule has 1 unspecified atom stereocenters. The number of alkyl halides is 3. The number of carbonyl (C=O) groups is 1. The molecule has 0 radical (unpaired) electrons. The third kappa shape index (κ3) is 3.13. The van der Waals surface area contributed by atoms with Crippen molar-refractivity contribution in [3.05, 3.63) is 35.4 Å². The predicted molar refractivity (Wildman–Crippen MR) is 68.7 cm³/mol. The molecule has 1 amide bonds. The topological polar surface area (TPSA) is 20.3 Å². The molecule has 106 valence electrons. The van der Waals surface area contributed by atoms with Gasteiger partial charge in [-0.05, 0) is 18.1 Å². The minimum atomic E-state index is -4.37. The van der Waals surface area contributed by atoms with Crippen molar-refractivity contribution < 1.29 is 18.0 Å². The van der Waals surface area contributed by atoms with Gasteiger partial charge in [0, 0.05) is 25.4 Å². The maximum Gasteiger partial charge on any atom is 0.416 e. The van der Waals surface area contributed by atoms with Gasteiger partial charge in [-0.1, -0.05) is 18.2 Å². The standard InChI is InChI=1S/C15H14F3NO/c1-2-11-9-14(20)19(10-11)8-7-12-5-3-4-6-13(12)15(16,17)18/h1,3-6,11H,7-10H2. The lowest BCUT2D eigenvalue weighted by molar-refractivity contribution is -0.138. The van der Waals surface area contributed by atoms with Crippen molar-refractivity contribution in [1.82, 2.24) is 4.90 Å². The first kappa shape index (κ1) is 14.4. The van der Waals surface area contributed by atoms with E-state index in [-0.39, 0.29) is 36.8 Å². The van der Waals surface area contributed by atoms with E-state index in [0.717, 1.165) is 6.07 Å². The molecular formula is C15H14F3NO. The van der Waals surface area contributed by atoms with Gasteiger partial charge in [0.1, 0.15) is 0 Å². The first-order valence-electron chi connectivity index (χ1n) is 6.31. The van der Waals surface area contributed by atoms with Crippen molar-refractivity contribution in [3.8, 4) is 12.3 Å². The van der Waals surface area contributed by atoms with Gasteiger partial charge >= 0.3 is 6.18 Å². The molecule has 2 nitrogen and oxygen atoms in total. The fourth-order valence-electron chi connectivity index (χ4n) is 2.37. The van der Waals surface area contributed by atoms with E-state index in [9.17, 15) is 18.0 Å². The van der Waals surface area contributed by atoms with Crippen LogP contribution in [0.1, 0.15) is 17.5 Å². The van der Waals surface area contributed by atoms with Crippen LogP contribution in [0.4, 0.5) is 13.2 Å². The van der Waals surface area contributed by atoms with Crippen LogP contribution in [-0.2, 0) is 17.4 Å². The second kappa shape index (κ2) is 5.58. The lowest BCUT2D eigenvalue weighted by atomic mass is 10.0. The molecule has 1 aliphatic rings. The Bertz CT molecular complexity index is 545. The van der Waals surface area contributed by atoms with Crippen LogP contribution >= 0.6 is 0 Å². The van der Waals surface area contributed by atoms with Crippen LogP contribution in [0.5, 0.6) is 0 Å². The van der Waals surface area contributed by atoms with Gasteiger partial charge < -0.3 is 4.90 Å². The van der Waals surface area contributed by atoms with Gasteiger partial charge in [-0.15, -0.1) is 12.3 Å². The average molecular weight is 281 g/mol. The average Bonchev–Trinajstić information content (AvgIpc) is 2.76. The van der Waals surface area contributed by atoms with Crippen molar-refractivity contribution in [2.45, 2.75) is 19.0 Å². The van der Waals surface area contributed by atoms with Crippen LogP contribution in [0, 0.1) is 18.3 Å². The van der Waals surface area contributed by atoms with E-state index >= 15 is 0 Å². The third-order valence-electron chi connectivity index (χ3n) is 3.42. The Hall–Kier alpha value is -1.96. The maximum absolute atomic E-state index is 12.8. The molecule has 1 aliphatic heterocycles. The number of rotatable bonds is 3. The third-order valence-corrected chi connectivity index (χ3v) is 3.42. The monoisotopic (exact) mass is 281 g/mol. The summed E-state index contributed by atoms with van der Waals surface area (Å²) in [5.41, 5.74) is -0.433. The zero-order chi connectivity index (χ0) is 14.8. The number of benzene rings is 1. The van der Waals surface area contributed by atoms with E-state index in [4.69, 9.17) is 6.42 Å². The molecule has 0 N–H and O–H groups in total. The molecule has 0 bridgehead atoms. The molecule has 1 atom stereocenters.